The lowest BCUT2D eigenvalue weighted by Crippen LogP contribution is -2.44. The first kappa shape index (κ1) is 26.6. The Bertz CT molecular complexity index is 1110. The molecule has 2 amide bonds. The van der Waals surface area contributed by atoms with Crippen molar-refractivity contribution < 1.29 is 33.8 Å². The Balaban J connectivity index is 1.53. The Labute approximate surface area is 209 Å². The minimum atomic E-state index is -1.35. The van der Waals surface area contributed by atoms with Crippen molar-refractivity contribution in [3.63, 3.8) is 0 Å². The maximum absolute atomic E-state index is 12.4. The molecule has 0 aromatic heterocycles. The molecule has 190 valence electrons. The van der Waals surface area contributed by atoms with E-state index < -0.39 is 30.1 Å². The van der Waals surface area contributed by atoms with Gasteiger partial charge in [0.05, 0.1) is 6.04 Å². The van der Waals surface area contributed by atoms with Gasteiger partial charge < -0.3 is 25.3 Å². The molecular formula is C27H30N2O7. The van der Waals surface area contributed by atoms with Crippen molar-refractivity contribution in [1.82, 2.24) is 10.6 Å². The lowest BCUT2D eigenvalue weighted by atomic mass is 9.98. The summed E-state index contributed by atoms with van der Waals surface area (Å²) in [5.41, 5.74) is 4.21. The van der Waals surface area contributed by atoms with Crippen molar-refractivity contribution in [3.05, 3.63) is 59.7 Å². The van der Waals surface area contributed by atoms with E-state index in [2.05, 4.69) is 10.6 Å². The summed E-state index contributed by atoms with van der Waals surface area (Å²) in [6.45, 7) is 2.73. The van der Waals surface area contributed by atoms with Crippen LogP contribution >= 0.6 is 0 Å². The molecule has 3 N–H and O–H groups in total. The summed E-state index contributed by atoms with van der Waals surface area (Å²) < 4.78 is 5.39. The number of carbonyl (C=O) groups excluding carboxylic acids is 4. The summed E-state index contributed by atoms with van der Waals surface area (Å²) in [6, 6.07) is 13.5. The number of alkyl carbamates (subject to hydrolysis) is 1. The number of Topliss-reactive ketones (excluding diaryl/α,β-unsaturated/α-hetero) is 2. The maximum atomic E-state index is 12.4. The second kappa shape index (κ2) is 12.1. The topological polar surface area (TPSA) is 139 Å². The highest BCUT2D eigenvalue weighted by Gasteiger charge is 2.30. The molecule has 2 atom stereocenters. The van der Waals surface area contributed by atoms with Crippen molar-refractivity contribution >= 4 is 29.5 Å². The van der Waals surface area contributed by atoms with Crippen LogP contribution in [0.5, 0.6) is 0 Å². The first-order valence-electron chi connectivity index (χ1n) is 11.8. The molecular weight excluding hydrogens is 464 g/mol. The van der Waals surface area contributed by atoms with Gasteiger partial charge in [-0.05, 0) is 48.9 Å². The molecule has 9 nitrogen and oxygen atoms in total. The van der Waals surface area contributed by atoms with E-state index in [-0.39, 0.29) is 49.8 Å². The summed E-state index contributed by atoms with van der Waals surface area (Å²) in [5, 5.41) is 14.3. The number of carboxylic acids is 1. The number of ether oxygens (including phenoxy) is 1. The molecule has 2 aromatic carbocycles. The molecule has 0 heterocycles. The zero-order valence-corrected chi connectivity index (χ0v) is 20.3. The van der Waals surface area contributed by atoms with Crippen LogP contribution in [0.25, 0.3) is 11.1 Å². The number of hydrogen-bond donors (Lipinski definition) is 3. The molecule has 1 aliphatic carbocycles. The number of carbonyl (C=O) groups is 5. The van der Waals surface area contributed by atoms with Gasteiger partial charge in [-0.2, -0.15) is 0 Å². The van der Waals surface area contributed by atoms with Crippen LogP contribution in [0.2, 0.25) is 0 Å². The maximum Gasteiger partial charge on any atom is 0.407 e. The number of benzene rings is 2. The fourth-order valence-electron chi connectivity index (χ4n) is 4.31. The van der Waals surface area contributed by atoms with Gasteiger partial charge in [0.1, 0.15) is 18.4 Å². The average Bonchev–Trinajstić information content (AvgIpc) is 3.16. The van der Waals surface area contributed by atoms with Crippen LogP contribution in [0.15, 0.2) is 48.5 Å². The summed E-state index contributed by atoms with van der Waals surface area (Å²) >= 11 is 0. The lowest BCUT2D eigenvalue weighted by molar-refractivity contribution is -0.139. The second-order valence-corrected chi connectivity index (χ2v) is 8.87. The zero-order valence-electron chi connectivity index (χ0n) is 20.3. The Hall–Kier alpha value is -4.01. The molecule has 2 unspecified atom stereocenters. The van der Waals surface area contributed by atoms with E-state index in [1.165, 1.54) is 13.8 Å². The molecule has 0 bridgehead atoms. The van der Waals surface area contributed by atoms with Gasteiger partial charge in [-0.3, -0.25) is 9.59 Å². The molecule has 0 saturated carbocycles. The summed E-state index contributed by atoms with van der Waals surface area (Å²) in [6.07, 6.45) is -0.997. The number of amides is 2. The first-order chi connectivity index (χ1) is 17.2. The van der Waals surface area contributed by atoms with Crippen molar-refractivity contribution in [1.29, 1.82) is 0 Å². The summed E-state index contributed by atoms with van der Waals surface area (Å²) in [4.78, 5) is 59.2. The van der Waals surface area contributed by atoms with Crippen molar-refractivity contribution in [2.75, 3.05) is 6.61 Å². The number of nitrogens with one attached hydrogen (secondary N) is 2. The molecule has 9 heteroatoms. The van der Waals surface area contributed by atoms with Crippen LogP contribution in [-0.4, -0.2) is 53.3 Å². The van der Waals surface area contributed by atoms with Crippen LogP contribution in [0.1, 0.15) is 56.6 Å². The second-order valence-electron chi connectivity index (χ2n) is 8.87. The summed E-state index contributed by atoms with van der Waals surface area (Å²) in [5.74, 6) is -2.42. The molecule has 0 aliphatic heterocycles. The fraction of sp³-hybridized carbons (Fsp3) is 0.370. The number of ketones is 2. The molecule has 0 spiro atoms. The molecule has 36 heavy (non-hydrogen) atoms. The number of carboxylic acid groups (broad SMARTS) is 1. The number of rotatable bonds is 12. The fourth-order valence-corrected chi connectivity index (χ4v) is 4.31. The highest BCUT2D eigenvalue weighted by Crippen LogP contribution is 2.44. The van der Waals surface area contributed by atoms with Gasteiger partial charge in [0.2, 0.25) is 5.91 Å². The van der Waals surface area contributed by atoms with Crippen LogP contribution in [0, 0.1) is 0 Å². The third kappa shape index (κ3) is 6.78. The number of fused-ring (bicyclic) bond motifs is 3. The van der Waals surface area contributed by atoms with Gasteiger partial charge in [-0.15, -0.1) is 0 Å². The molecule has 1 aliphatic rings. The SMILES string of the molecule is CC(=O)CCC(NC(=O)CCC(NC(=O)OCC1c2ccccc2-c2ccccc21)C(=O)O)C(C)=O. The van der Waals surface area contributed by atoms with Crippen LogP contribution in [0.4, 0.5) is 4.79 Å². The van der Waals surface area contributed by atoms with Gasteiger partial charge in [0, 0.05) is 18.8 Å². The van der Waals surface area contributed by atoms with Gasteiger partial charge in [0.25, 0.3) is 0 Å². The molecule has 0 fully saturated rings. The van der Waals surface area contributed by atoms with Crippen LogP contribution in [0.3, 0.4) is 0 Å². The molecule has 0 radical (unpaired) electrons. The third-order valence-electron chi connectivity index (χ3n) is 6.20. The quantitative estimate of drug-likeness (QED) is 0.412. The van der Waals surface area contributed by atoms with Crippen molar-refractivity contribution in [2.45, 2.75) is 57.5 Å². The Morgan fingerprint density at radius 1 is 0.833 bits per heavy atom. The average molecular weight is 495 g/mol. The zero-order chi connectivity index (χ0) is 26.2. The van der Waals surface area contributed by atoms with Gasteiger partial charge in [0.15, 0.2) is 5.78 Å². The van der Waals surface area contributed by atoms with Gasteiger partial charge in [-0.25, -0.2) is 9.59 Å². The predicted molar refractivity (Wildman–Crippen MR) is 131 cm³/mol. The van der Waals surface area contributed by atoms with E-state index in [0.717, 1.165) is 22.3 Å². The van der Waals surface area contributed by atoms with Crippen LogP contribution in [-0.2, 0) is 23.9 Å². The van der Waals surface area contributed by atoms with E-state index >= 15 is 0 Å². The minimum Gasteiger partial charge on any atom is -0.480 e. The van der Waals surface area contributed by atoms with Gasteiger partial charge in [-0.1, -0.05) is 48.5 Å². The van der Waals surface area contributed by atoms with Crippen molar-refractivity contribution in [2.24, 2.45) is 0 Å². The van der Waals surface area contributed by atoms with Crippen molar-refractivity contribution in [3.8, 4) is 11.1 Å². The van der Waals surface area contributed by atoms with E-state index in [4.69, 9.17) is 4.74 Å². The number of aliphatic carboxylic acids is 1. The smallest absolute Gasteiger partial charge is 0.407 e. The van der Waals surface area contributed by atoms with E-state index in [0.29, 0.717) is 0 Å². The minimum absolute atomic E-state index is 0.0309. The van der Waals surface area contributed by atoms with E-state index in [1.807, 2.05) is 48.5 Å². The predicted octanol–water partition coefficient (Wildman–Crippen LogP) is 3.20. The van der Waals surface area contributed by atoms with Crippen LogP contribution < -0.4 is 10.6 Å². The molecule has 3 rings (SSSR count). The summed E-state index contributed by atoms with van der Waals surface area (Å²) in [7, 11) is 0. The third-order valence-corrected chi connectivity index (χ3v) is 6.20. The number of hydrogen-bond acceptors (Lipinski definition) is 6. The Morgan fingerprint density at radius 2 is 1.39 bits per heavy atom. The highest BCUT2D eigenvalue weighted by molar-refractivity contribution is 5.88. The van der Waals surface area contributed by atoms with E-state index in [9.17, 15) is 29.1 Å². The standard InChI is InChI=1S/C27H30N2O7/c1-16(30)11-12-23(17(2)31)28-25(32)14-13-24(26(33)34)29-27(35)36-15-22-20-9-5-3-7-18(20)19-8-4-6-10-21(19)22/h3-10,22-24H,11-15H2,1-2H3,(H,28,32)(H,29,35)(H,33,34). The monoisotopic (exact) mass is 494 g/mol. The lowest BCUT2D eigenvalue weighted by Gasteiger charge is -2.18. The largest absolute Gasteiger partial charge is 0.480 e. The Kier molecular flexibility index (Phi) is 8.94. The van der Waals surface area contributed by atoms with Gasteiger partial charge >= 0.3 is 12.1 Å². The first-order valence-corrected chi connectivity index (χ1v) is 11.8. The highest BCUT2D eigenvalue weighted by atomic mass is 16.5. The molecule has 0 saturated heterocycles. The Morgan fingerprint density at radius 3 is 1.92 bits per heavy atom. The molecule has 2 aromatic rings. The normalized spacial score (nSPS) is 13.6. The van der Waals surface area contributed by atoms with E-state index in [1.54, 1.807) is 0 Å².